The zero-order valence-corrected chi connectivity index (χ0v) is 15.0. The van der Waals surface area contributed by atoms with E-state index in [1.165, 1.54) is 12.4 Å². The van der Waals surface area contributed by atoms with E-state index in [9.17, 15) is 8.78 Å². The quantitative estimate of drug-likeness (QED) is 0.819. The lowest BCUT2D eigenvalue weighted by Gasteiger charge is -2.27. The lowest BCUT2D eigenvalue weighted by atomic mass is 9.93. The molecule has 2 N–H and O–H groups in total. The summed E-state index contributed by atoms with van der Waals surface area (Å²) in [6.45, 7) is 7.89. The van der Waals surface area contributed by atoms with Crippen molar-refractivity contribution in [2.45, 2.75) is 46.1 Å². The average molecular weight is 350 g/mol. The topological polar surface area (TPSA) is 73.9 Å². The van der Waals surface area contributed by atoms with Gasteiger partial charge in [-0.15, -0.1) is 0 Å². The number of alkyl halides is 2. The lowest BCUT2D eigenvalue weighted by Crippen LogP contribution is -2.43. The Morgan fingerprint density at radius 3 is 2.52 bits per heavy atom. The molecule has 2 aromatic rings. The van der Waals surface area contributed by atoms with E-state index in [-0.39, 0.29) is 12.4 Å². The highest BCUT2D eigenvalue weighted by Crippen LogP contribution is 2.30. The van der Waals surface area contributed by atoms with Crippen molar-refractivity contribution in [3.8, 4) is 17.1 Å². The van der Waals surface area contributed by atoms with Gasteiger partial charge >= 0.3 is 0 Å². The number of pyridine rings is 1. The largest absolute Gasteiger partial charge is 0.490 e. The van der Waals surface area contributed by atoms with E-state index >= 15 is 0 Å². The van der Waals surface area contributed by atoms with Crippen molar-refractivity contribution >= 4 is 0 Å². The first-order valence-corrected chi connectivity index (χ1v) is 8.18. The van der Waals surface area contributed by atoms with Gasteiger partial charge in [0.05, 0.1) is 11.4 Å². The molecule has 1 atom stereocenters. The highest BCUT2D eigenvalue weighted by atomic mass is 19.3. The second-order valence-electron chi connectivity index (χ2n) is 6.97. The summed E-state index contributed by atoms with van der Waals surface area (Å²) < 4.78 is 32.4. The van der Waals surface area contributed by atoms with Crippen molar-refractivity contribution in [3.05, 3.63) is 35.9 Å². The standard InChI is InChI=1S/C18H24F2N4O/c1-11(2)8-18(4,21)9-25-15-6-5-13(24-16(15)17(19)20)14-7-12(3)22-10-23-14/h5-7,10-11,17H,8-9,21H2,1-4H3. The molecule has 0 aromatic carbocycles. The van der Waals surface area contributed by atoms with Crippen LogP contribution in [0.15, 0.2) is 24.5 Å². The van der Waals surface area contributed by atoms with E-state index in [0.29, 0.717) is 17.3 Å². The van der Waals surface area contributed by atoms with Crippen LogP contribution in [0.3, 0.4) is 0 Å². The number of nitrogens with two attached hydrogens (primary N) is 1. The molecule has 0 saturated carbocycles. The molecule has 2 aromatic heterocycles. The first kappa shape index (κ1) is 19.2. The molecule has 0 saturated heterocycles. The van der Waals surface area contributed by atoms with Crippen LogP contribution in [0.25, 0.3) is 11.4 Å². The number of hydrogen-bond acceptors (Lipinski definition) is 5. The molecule has 0 amide bonds. The SMILES string of the molecule is Cc1cc(-c2ccc(OCC(C)(N)CC(C)C)c(C(F)F)n2)ncn1. The molecule has 25 heavy (non-hydrogen) atoms. The minimum Gasteiger partial charge on any atom is -0.490 e. The maximum absolute atomic E-state index is 13.4. The van der Waals surface area contributed by atoms with Crippen LogP contribution >= 0.6 is 0 Å². The Morgan fingerprint density at radius 2 is 1.92 bits per heavy atom. The number of rotatable bonds is 7. The van der Waals surface area contributed by atoms with Gasteiger partial charge in [0.2, 0.25) is 0 Å². The van der Waals surface area contributed by atoms with Gasteiger partial charge in [-0.2, -0.15) is 0 Å². The summed E-state index contributed by atoms with van der Waals surface area (Å²) in [5, 5.41) is 0. The van der Waals surface area contributed by atoms with Crippen LogP contribution in [0.2, 0.25) is 0 Å². The molecular weight excluding hydrogens is 326 g/mol. The van der Waals surface area contributed by atoms with Crippen molar-refractivity contribution < 1.29 is 13.5 Å². The Bertz CT molecular complexity index is 720. The molecule has 0 radical (unpaired) electrons. The van der Waals surface area contributed by atoms with Crippen LogP contribution in [-0.2, 0) is 0 Å². The van der Waals surface area contributed by atoms with Crippen molar-refractivity contribution in [3.63, 3.8) is 0 Å². The van der Waals surface area contributed by atoms with Gasteiger partial charge < -0.3 is 10.5 Å². The zero-order valence-electron chi connectivity index (χ0n) is 15.0. The highest BCUT2D eigenvalue weighted by Gasteiger charge is 2.24. The summed E-state index contributed by atoms with van der Waals surface area (Å²) in [4.78, 5) is 12.1. The molecular formula is C18H24F2N4O. The van der Waals surface area contributed by atoms with Gasteiger partial charge in [-0.1, -0.05) is 13.8 Å². The maximum Gasteiger partial charge on any atom is 0.284 e. The van der Waals surface area contributed by atoms with Crippen LogP contribution in [0.5, 0.6) is 5.75 Å². The Hall–Kier alpha value is -2.15. The molecule has 136 valence electrons. The lowest BCUT2D eigenvalue weighted by molar-refractivity contribution is 0.134. The van der Waals surface area contributed by atoms with E-state index in [4.69, 9.17) is 10.5 Å². The van der Waals surface area contributed by atoms with Crippen molar-refractivity contribution in [1.29, 1.82) is 0 Å². The van der Waals surface area contributed by atoms with Gasteiger partial charge in [-0.25, -0.2) is 23.7 Å². The normalized spacial score (nSPS) is 14.0. The zero-order chi connectivity index (χ0) is 18.6. The second kappa shape index (κ2) is 7.82. The van der Waals surface area contributed by atoms with Crippen LogP contribution < -0.4 is 10.5 Å². The number of aromatic nitrogens is 3. The van der Waals surface area contributed by atoms with Crippen molar-refractivity contribution in [2.75, 3.05) is 6.61 Å². The molecule has 0 fully saturated rings. The summed E-state index contributed by atoms with van der Waals surface area (Å²) in [6.07, 6.45) is -0.653. The summed E-state index contributed by atoms with van der Waals surface area (Å²) in [6, 6.07) is 4.80. The predicted molar refractivity (Wildman–Crippen MR) is 92.5 cm³/mol. The summed E-state index contributed by atoms with van der Waals surface area (Å²) >= 11 is 0. The molecule has 2 rings (SSSR count). The predicted octanol–water partition coefficient (Wildman–Crippen LogP) is 3.93. The van der Waals surface area contributed by atoms with E-state index in [2.05, 4.69) is 28.8 Å². The smallest absolute Gasteiger partial charge is 0.284 e. The van der Waals surface area contributed by atoms with Crippen molar-refractivity contribution in [1.82, 2.24) is 15.0 Å². The number of aryl methyl sites for hydroxylation is 1. The fourth-order valence-electron chi connectivity index (χ4n) is 2.71. The van der Waals surface area contributed by atoms with Gasteiger partial charge in [0, 0.05) is 11.2 Å². The highest BCUT2D eigenvalue weighted by molar-refractivity contribution is 5.55. The van der Waals surface area contributed by atoms with Gasteiger partial charge in [-0.05, 0) is 44.4 Å². The third-order valence-corrected chi connectivity index (χ3v) is 3.59. The van der Waals surface area contributed by atoms with Crippen LogP contribution in [0.4, 0.5) is 8.78 Å². The molecule has 0 aliphatic rings. The van der Waals surface area contributed by atoms with Gasteiger partial charge in [0.15, 0.2) is 0 Å². The van der Waals surface area contributed by atoms with E-state index < -0.39 is 17.7 Å². The monoisotopic (exact) mass is 350 g/mol. The first-order valence-electron chi connectivity index (χ1n) is 8.18. The number of halogens is 2. The Labute approximate surface area is 146 Å². The maximum atomic E-state index is 13.4. The van der Waals surface area contributed by atoms with E-state index in [1.54, 1.807) is 19.1 Å². The van der Waals surface area contributed by atoms with E-state index in [1.807, 2.05) is 6.92 Å². The summed E-state index contributed by atoms with van der Waals surface area (Å²) in [7, 11) is 0. The van der Waals surface area contributed by atoms with Crippen LogP contribution in [0, 0.1) is 12.8 Å². The summed E-state index contributed by atoms with van der Waals surface area (Å²) in [5.74, 6) is 0.430. The van der Waals surface area contributed by atoms with E-state index in [0.717, 1.165) is 12.1 Å². The molecule has 1 unspecified atom stereocenters. The molecule has 5 nitrogen and oxygen atoms in total. The first-order chi connectivity index (χ1) is 11.7. The Kier molecular flexibility index (Phi) is 6.00. The third kappa shape index (κ3) is 5.42. The minimum absolute atomic E-state index is 0.0463. The number of hydrogen-bond donors (Lipinski definition) is 1. The molecule has 0 aliphatic carbocycles. The van der Waals surface area contributed by atoms with Crippen molar-refractivity contribution in [2.24, 2.45) is 11.7 Å². The van der Waals surface area contributed by atoms with Crippen LogP contribution in [0.1, 0.15) is 45.0 Å². The average Bonchev–Trinajstić information content (AvgIpc) is 2.51. The van der Waals surface area contributed by atoms with Gasteiger partial charge in [-0.3, -0.25) is 0 Å². The Balaban J connectivity index is 2.25. The summed E-state index contributed by atoms with van der Waals surface area (Å²) in [5.41, 5.74) is 6.75. The van der Waals surface area contributed by atoms with Gasteiger partial charge in [0.25, 0.3) is 6.43 Å². The fourth-order valence-corrected chi connectivity index (χ4v) is 2.71. The molecule has 7 heteroatoms. The second-order valence-corrected chi connectivity index (χ2v) is 6.97. The van der Waals surface area contributed by atoms with Crippen LogP contribution in [-0.4, -0.2) is 27.1 Å². The molecule has 0 spiro atoms. The fraction of sp³-hybridized carbons (Fsp3) is 0.500. The van der Waals surface area contributed by atoms with Gasteiger partial charge in [0.1, 0.15) is 24.4 Å². The molecule has 0 aliphatic heterocycles. The number of ether oxygens (including phenoxy) is 1. The molecule has 0 bridgehead atoms. The number of nitrogens with zero attached hydrogens (tertiary/aromatic N) is 3. The Morgan fingerprint density at radius 1 is 1.20 bits per heavy atom. The minimum atomic E-state index is -2.76. The molecule has 2 heterocycles. The third-order valence-electron chi connectivity index (χ3n) is 3.59.